The summed E-state index contributed by atoms with van der Waals surface area (Å²) in [4.78, 5) is 24.0. The van der Waals surface area contributed by atoms with Gasteiger partial charge in [0.2, 0.25) is 5.43 Å². The molecule has 0 atom stereocenters. The van der Waals surface area contributed by atoms with Crippen LogP contribution in [0.5, 0.6) is 5.75 Å². The van der Waals surface area contributed by atoms with Crippen LogP contribution in [-0.2, 0) is 0 Å². The van der Waals surface area contributed by atoms with Crippen LogP contribution in [0.25, 0.3) is 11.0 Å². The molecular weight excluding hydrogens is 294 g/mol. The predicted octanol–water partition coefficient (Wildman–Crippen LogP) is 3.75. The highest BCUT2D eigenvalue weighted by molar-refractivity contribution is 5.95. The van der Waals surface area contributed by atoms with Crippen LogP contribution in [0.4, 0.5) is 11.4 Å². The summed E-state index contributed by atoms with van der Waals surface area (Å²) in [6, 6.07) is 12.0. The second-order valence-electron chi connectivity index (χ2n) is 5.10. The molecule has 2 aromatic carbocycles. The van der Waals surface area contributed by atoms with E-state index >= 15 is 0 Å². The molecule has 1 aromatic heterocycles. The van der Waals surface area contributed by atoms with Gasteiger partial charge in [0, 0.05) is 17.3 Å². The Kier molecular flexibility index (Phi) is 3.85. The average molecular weight is 309 g/mol. The highest BCUT2D eigenvalue weighted by Crippen LogP contribution is 2.22. The van der Waals surface area contributed by atoms with Crippen LogP contribution in [-0.4, -0.2) is 12.9 Å². The van der Waals surface area contributed by atoms with Gasteiger partial charge >= 0.3 is 0 Å². The number of rotatable bonds is 4. The van der Waals surface area contributed by atoms with E-state index in [-0.39, 0.29) is 11.2 Å². The average Bonchev–Trinajstić information content (AvgIpc) is 2.57. The Morgan fingerprint density at radius 3 is 2.74 bits per heavy atom. The summed E-state index contributed by atoms with van der Waals surface area (Å²) in [7, 11) is 1.55. The minimum atomic E-state index is -0.179. The summed E-state index contributed by atoms with van der Waals surface area (Å²) in [6.07, 6.45) is 1.37. The van der Waals surface area contributed by atoms with Crippen molar-refractivity contribution in [3.63, 3.8) is 0 Å². The lowest BCUT2D eigenvalue weighted by Crippen LogP contribution is -2.08. The first-order chi connectivity index (χ1) is 11.1. The Morgan fingerprint density at radius 2 is 2.00 bits per heavy atom. The van der Waals surface area contributed by atoms with Crippen molar-refractivity contribution in [3.05, 3.63) is 64.5 Å². The number of hydrogen-bond acceptors (Lipinski definition) is 5. The summed E-state index contributed by atoms with van der Waals surface area (Å²) in [5.41, 5.74) is 1.81. The van der Waals surface area contributed by atoms with Crippen LogP contribution in [0.2, 0.25) is 0 Å². The molecule has 23 heavy (non-hydrogen) atoms. The van der Waals surface area contributed by atoms with Gasteiger partial charge in [-0.15, -0.1) is 0 Å². The third-order valence-electron chi connectivity index (χ3n) is 3.53. The van der Waals surface area contributed by atoms with Gasteiger partial charge in [-0.25, -0.2) is 0 Å². The van der Waals surface area contributed by atoms with E-state index in [9.17, 15) is 9.59 Å². The minimum absolute atomic E-state index is 0.0358. The lowest BCUT2D eigenvalue weighted by atomic mass is 10.1. The number of fused-ring (bicyclic) bond motifs is 1. The van der Waals surface area contributed by atoms with Crippen molar-refractivity contribution >= 4 is 28.1 Å². The van der Waals surface area contributed by atoms with E-state index in [2.05, 4.69) is 5.32 Å². The maximum atomic E-state index is 12.5. The van der Waals surface area contributed by atoms with Crippen LogP contribution in [0.1, 0.15) is 17.3 Å². The van der Waals surface area contributed by atoms with Gasteiger partial charge in [-0.3, -0.25) is 9.59 Å². The summed E-state index contributed by atoms with van der Waals surface area (Å²) in [5, 5.41) is 3.46. The van der Waals surface area contributed by atoms with Crippen molar-refractivity contribution in [2.45, 2.75) is 6.92 Å². The molecule has 116 valence electrons. The molecule has 0 spiro atoms. The molecule has 0 saturated heterocycles. The SMILES string of the molecule is COc1ccc2c(=O)c(Nc3cccc(C(C)=O)c3)coc2c1. The third-order valence-corrected chi connectivity index (χ3v) is 3.53. The van der Waals surface area contributed by atoms with Gasteiger partial charge in [0.1, 0.15) is 23.3 Å². The van der Waals surface area contributed by atoms with Crippen molar-refractivity contribution in [3.8, 4) is 5.75 Å². The number of anilines is 2. The van der Waals surface area contributed by atoms with Gasteiger partial charge in [0.15, 0.2) is 5.78 Å². The number of ether oxygens (including phenoxy) is 1. The number of carbonyl (C=O) groups excluding carboxylic acids is 1. The molecule has 0 fully saturated rings. The molecule has 0 aliphatic rings. The van der Waals surface area contributed by atoms with E-state index < -0.39 is 0 Å². The van der Waals surface area contributed by atoms with Crippen molar-refractivity contribution in [2.75, 3.05) is 12.4 Å². The molecule has 1 N–H and O–H groups in total. The van der Waals surface area contributed by atoms with Gasteiger partial charge in [-0.05, 0) is 31.2 Å². The van der Waals surface area contributed by atoms with Gasteiger partial charge < -0.3 is 14.5 Å². The van der Waals surface area contributed by atoms with Crippen LogP contribution in [0, 0.1) is 0 Å². The number of hydrogen-bond donors (Lipinski definition) is 1. The topological polar surface area (TPSA) is 68.5 Å². The first kappa shape index (κ1) is 14.8. The zero-order valence-corrected chi connectivity index (χ0v) is 12.8. The molecule has 3 rings (SSSR count). The summed E-state index contributed by atoms with van der Waals surface area (Å²) < 4.78 is 10.6. The molecule has 0 aliphatic carbocycles. The molecular formula is C18H15NO4. The Hall–Kier alpha value is -3.08. The van der Waals surface area contributed by atoms with Gasteiger partial charge in [-0.1, -0.05) is 12.1 Å². The smallest absolute Gasteiger partial charge is 0.216 e. The molecule has 0 saturated carbocycles. The summed E-state index contributed by atoms with van der Waals surface area (Å²) >= 11 is 0. The van der Waals surface area contributed by atoms with Crippen LogP contribution < -0.4 is 15.5 Å². The van der Waals surface area contributed by atoms with E-state index in [1.165, 1.54) is 13.2 Å². The van der Waals surface area contributed by atoms with Gasteiger partial charge in [0.05, 0.1) is 12.5 Å². The lowest BCUT2D eigenvalue weighted by Gasteiger charge is -2.08. The third kappa shape index (κ3) is 2.94. The number of benzene rings is 2. The molecule has 0 aliphatic heterocycles. The number of methoxy groups -OCH3 is 1. The summed E-state index contributed by atoms with van der Waals surface area (Å²) in [6.45, 7) is 1.50. The normalized spacial score (nSPS) is 10.5. The molecule has 0 amide bonds. The maximum Gasteiger partial charge on any atom is 0.216 e. The number of carbonyl (C=O) groups is 1. The van der Waals surface area contributed by atoms with E-state index in [0.717, 1.165) is 0 Å². The highest BCUT2D eigenvalue weighted by Gasteiger charge is 2.09. The second-order valence-corrected chi connectivity index (χ2v) is 5.10. The largest absolute Gasteiger partial charge is 0.497 e. The first-order valence-electron chi connectivity index (χ1n) is 7.06. The van der Waals surface area contributed by atoms with Crippen molar-refractivity contribution in [1.82, 2.24) is 0 Å². The molecule has 0 unspecified atom stereocenters. The number of Topliss-reactive ketones (excluding diaryl/α,β-unsaturated/α-hetero) is 1. The maximum absolute atomic E-state index is 12.5. The van der Waals surface area contributed by atoms with Crippen LogP contribution >= 0.6 is 0 Å². The van der Waals surface area contributed by atoms with Crippen molar-refractivity contribution < 1.29 is 13.9 Å². The second kappa shape index (κ2) is 5.96. The molecule has 0 radical (unpaired) electrons. The monoisotopic (exact) mass is 309 g/mol. The zero-order chi connectivity index (χ0) is 16.4. The predicted molar refractivity (Wildman–Crippen MR) is 88.8 cm³/mol. The Bertz CT molecular complexity index is 943. The fourth-order valence-corrected chi connectivity index (χ4v) is 2.29. The van der Waals surface area contributed by atoms with Gasteiger partial charge in [-0.2, -0.15) is 0 Å². The fourth-order valence-electron chi connectivity index (χ4n) is 2.29. The standard InChI is InChI=1S/C18H15NO4/c1-11(20)12-4-3-5-13(8-12)19-16-10-23-17-9-14(22-2)6-7-15(17)18(16)21/h3-10,19H,1-2H3. The van der Waals surface area contributed by atoms with Gasteiger partial charge in [0.25, 0.3) is 0 Å². The molecule has 1 heterocycles. The molecule has 5 heteroatoms. The zero-order valence-electron chi connectivity index (χ0n) is 12.8. The first-order valence-corrected chi connectivity index (χ1v) is 7.06. The Balaban J connectivity index is 2.01. The fraction of sp³-hybridized carbons (Fsp3) is 0.111. The molecule has 5 nitrogen and oxygen atoms in total. The Labute approximate surface area is 132 Å². The highest BCUT2D eigenvalue weighted by atomic mass is 16.5. The lowest BCUT2D eigenvalue weighted by molar-refractivity contribution is 0.101. The minimum Gasteiger partial charge on any atom is -0.497 e. The summed E-state index contributed by atoms with van der Waals surface area (Å²) in [5.74, 6) is 0.585. The molecule has 0 bridgehead atoms. The van der Waals surface area contributed by atoms with E-state index in [0.29, 0.717) is 33.7 Å². The van der Waals surface area contributed by atoms with Crippen LogP contribution in [0.15, 0.2) is 57.9 Å². The number of nitrogens with one attached hydrogen (secondary N) is 1. The van der Waals surface area contributed by atoms with Crippen molar-refractivity contribution in [1.29, 1.82) is 0 Å². The van der Waals surface area contributed by atoms with Crippen molar-refractivity contribution in [2.24, 2.45) is 0 Å². The van der Waals surface area contributed by atoms with Crippen LogP contribution in [0.3, 0.4) is 0 Å². The van der Waals surface area contributed by atoms with E-state index in [1.54, 1.807) is 49.6 Å². The molecule has 3 aromatic rings. The Morgan fingerprint density at radius 1 is 1.17 bits per heavy atom. The number of ketones is 1. The van der Waals surface area contributed by atoms with E-state index in [1.807, 2.05) is 0 Å². The van der Waals surface area contributed by atoms with E-state index in [4.69, 9.17) is 9.15 Å². The quantitative estimate of drug-likeness (QED) is 0.743.